The summed E-state index contributed by atoms with van der Waals surface area (Å²) in [5.74, 6) is -0.262. The number of anilines is 1. The van der Waals surface area contributed by atoms with Gasteiger partial charge in [-0.25, -0.2) is 4.72 Å². The van der Waals surface area contributed by atoms with Crippen molar-refractivity contribution in [1.29, 1.82) is 5.26 Å². The van der Waals surface area contributed by atoms with Crippen LogP contribution in [-0.2, 0) is 15.0 Å². The summed E-state index contributed by atoms with van der Waals surface area (Å²) in [5.41, 5.74) is 0.833. The van der Waals surface area contributed by atoms with Gasteiger partial charge in [0.1, 0.15) is 6.07 Å². The largest absolute Gasteiger partial charge is 0.310 e. The maximum Gasteiger partial charge on any atom is 0.278 e. The number of benzene rings is 1. The van der Waals surface area contributed by atoms with E-state index in [-0.39, 0.29) is 19.0 Å². The molecule has 1 N–H and O–H groups in total. The predicted octanol–water partition coefficient (Wildman–Crippen LogP) is 0.307. The van der Waals surface area contributed by atoms with Crippen LogP contribution in [0.1, 0.15) is 12.5 Å². The number of amides is 1. The molecule has 0 aliphatic carbocycles. The minimum absolute atomic E-state index is 0.0554. The van der Waals surface area contributed by atoms with Gasteiger partial charge in [-0.05, 0) is 12.1 Å². The molecular formula is C13H18N4O3S. The minimum Gasteiger partial charge on any atom is -0.310 e. The molecule has 0 aliphatic rings. The van der Waals surface area contributed by atoms with Crippen LogP contribution in [0.25, 0.3) is 0 Å². The van der Waals surface area contributed by atoms with E-state index in [0.717, 1.165) is 4.31 Å². The molecule has 0 saturated heterocycles. The van der Waals surface area contributed by atoms with Gasteiger partial charge in [-0.3, -0.25) is 4.79 Å². The Morgan fingerprint density at radius 1 is 1.33 bits per heavy atom. The first-order valence-corrected chi connectivity index (χ1v) is 7.68. The monoisotopic (exact) mass is 310 g/mol. The summed E-state index contributed by atoms with van der Waals surface area (Å²) in [4.78, 5) is 13.1. The molecule has 114 valence electrons. The lowest BCUT2D eigenvalue weighted by molar-refractivity contribution is -0.116. The molecule has 21 heavy (non-hydrogen) atoms. The Morgan fingerprint density at radius 2 is 1.95 bits per heavy atom. The molecule has 0 bridgehead atoms. The second kappa shape index (κ2) is 7.17. The van der Waals surface area contributed by atoms with Crippen molar-refractivity contribution in [1.82, 2.24) is 9.03 Å². The number of hydrogen-bond donors (Lipinski definition) is 1. The summed E-state index contributed by atoms with van der Waals surface area (Å²) < 4.78 is 26.6. The lowest BCUT2D eigenvalue weighted by Crippen LogP contribution is -2.41. The molecule has 0 aliphatic heterocycles. The summed E-state index contributed by atoms with van der Waals surface area (Å²) in [6, 6.07) is 8.70. The Kier molecular flexibility index (Phi) is 5.84. The van der Waals surface area contributed by atoms with Gasteiger partial charge < -0.3 is 4.90 Å². The maximum absolute atomic E-state index is 11.7. The average Bonchev–Trinajstić information content (AvgIpc) is 2.43. The predicted molar refractivity (Wildman–Crippen MR) is 79.8 cm³/mol. The van der Waals surface area contributed by atoms with Crippen molar-refractivity contribution >= 4 is 21.8 Å². The molecule has 0 unspecified atom stereocenters. The molecule has 7 nitrogen and oxygen atoms in total. The molecule has 1 rings (SSSR count). The van der Waals surface area contributed by atoms with Crippen LogP contribution in [-0.4, -0.2) is 45.8 Å². The molecule has 1 aromatic rings. The highest BCUT2D eigenvalue weighted by molar-refractivity contribution is 7.87. The maximum atomic E-state index is 11.7. The highest BCUT2D eigenvalue weighted by atomic mass is 32.2. The van der Waals surface area contributed by atoms with Crippen molar-refractivity contribution in [2.45, 2.75) is 6.92 Å². The molecule has 0 aromatic heterocycles. The van der Waals surface area contributed by atoms with E-state index in [2.05, 4.69) is 4.72 Å². The van der Waals surface area contributed by atoms with E-state index in [1.807, 2.05) is 6.07 Å². The summed E-state index contributed by atoms with van der Waals surface area (Å²) in [6.07, 6.45) is 0. The van der Waals surface area contributed by atoms with E-state index in [4.69, 9.17) is 5.26 Å². The quantitative estimate of drug-likeness (QED) is 0.818. The standard InChI is InChI=1S/C13H18N4O3S/c1-11(18)17(9-8-15-21(19,20)16(2)3)13-7-5-4-6-12(13)10-14/h4-7,15H,8-9H2,1-3H3. The van der Waals surface area contributed by atoms with Gasteiger partial charge in [-0.2, -0.15) is 18.0 Å². The van der Waals surface area contributed by atoms with Crippen molar-refractivity contribution in [3.63, 3.8) is 0 Å². The van der Waals surface area contributed by atoms with Crippen molar-refractivity contribution in [2.75, 3.05) is 32.1 Å². The van der Waals surface area contributed by atoms with Crippen LogP contribution in [0.4, 0.5) is 5.69 Å². The number of hydrogen-bond acceptors (Lipinski definition) is 4. The van der Waals surface area contributed by atoms with Gasteiger partial charge in [0.15, 0.2) is 0 Å². The lowest BCUT2D eigenvalue weighted by Gasteiger charge is -2.23. The first-order valence-electron chi connectivity index (χ1n) is 6.24. The Labute approximate surface area is 125 Å². The number of nitrogens with zero attached hydrogens (tertiary/aromatic N) is 3. The molecule has 1 aromatic carbocycles. The van der Waals surface area contributed by atoms with Crippen LogP contribution < -0.4 is 9.62 Å². The van der Waals surface area contributed by atoms with Crippen LogP contribution in [0.5, 0.6) is 0 Å². The number of nitrogens with one attached hydrogen (secondary N) is 1. The summed E-state index contributed by atoms with van der Waals surface area (Å²) in [7, 11) is -0.712. The number of carbonyl (C=O) groups is 1. The van der Waals surface area contributed by atoms with E-state index in [1.54, 1.807) is 24.3 Å². The van der Waals surface area contributed by atoms with Crippen molar-refractivity contribution < 1.29 is 13.2 Å². The minimum atomic E-state index is -3.54. The zero-order chi connectivity index (χ0) is 16.0. The summed E-state index contributed by atoms with van der Waals surface area (Å²) in [6.45, 7) is 1.57. The van der Waals surface area contributed by atoms with Crippen LogP contribution in [0.3, 0.4) is 0 Å². The Morgan fingerprint density at radius 3 is 2.48 bits per heavy atom. The van der Waals surface area contributed by atoms with Crippen LogP contribution >= 0.6 is 0 Å². The van der Waals surface area contributed by atoms with Gasteiger partial charge in [0.2, 0.25) is 5.91 Å². The van der Waals surface area contributed by atoms with E-state index >= 15 is 0 Å². The number of para-hydroxylation sites is 1. The molecule has 0 fully saturated rings. The fraction of sp³-hybridized carbons (Fsp3) is 0.385. The third-order valence-electron chi connectivity index (χ3n) is 2.80. The molecule has 1 amide bonds. The van der Waals surface area contributed by atoms with Gasteiger partial charge >= 0.3 is 0 Å². The van der Waals surface area contributed by atoms with Crippen LogP contribution in [0.15, 0.2) is 24.3 Å². The first kappa shape index (κ1) is 17.1. The SMILES string of the molecule is CC(=O)N(CCNS(=O)(=O)N(C)C)c1ccccc1C#N. The van der Waals surface area contributed by atoms with E-state index < -0.39 is 10.2 Å². The topological polar surface area (TPSA) is 93.5 Å². The zero-order valence-electron chi connectivity index (χ0n) is 12.2. The van der Waals surface area contributed by atoms with Gasteiger partial charge in [0.05, 0.1) is 11.3 Å². The molecule has 0 saturated carbocycles. The average molecular weight is 310 g/mol. The van der Waals surface area contributed by atoms with Crippen LogP contribution in [0, 0.1) is 11.3 Å². The number of rotatable bonds is 6. The Balaban J connectivity index is 2.86. The molecule has 8 heteroatoms. The van der Waals surface area contributed by atoms with E-state index in [0.29, 0.717) is 11.3 Å². The van der Waals surface area contributed by atoms with Gasteiger partial charge in [0.25, 0.3) is 10.2 Å². The second-order valence-electron chi connectivity index (χ2n) is 4.48. The molecular weight excluding hydrogens is 292 g/mol. The lowest BCUT2D eigenvalue weighted by atomic mass is 10.1. The van der Waals surface area contributed by atoms with E-state index in [9.17, 15) is 13.2 Å². The molecule has 0 heterocycles. The number of carbonyl (C=O) groups excluding carboxylic acids is 1. The summed E-state index contributed by atoms with van der Waals surface area (Å²) in [5, 5.41) is 9.07. The first-order chi connectivity index (χ1) is 9.79. The Bertz CT molecular complexity index is 650. The normalized spacial score (nSPS) is 11.2. The van der Waals surface area contributed by atoms with E-state index in [1.165, 1.54) is 25.9 Å². The third-order valence-corrected chi connectivity index (χ3v) is 4.33. The fourth-order valence-electron chi connectivity index (χ4n) is 1.67. The van der Waals surface area contributed by atoms with Crippen molar-refractivity contribution in [3.8, 4) is 6.07 Å². The van der Waals surface area contributed by atoms with Gasteiger partial charge in [-0.1, -0.05) is 12.1 Å². The highest BCUT2D eigenvalue weighted by Gasteiger charge is 2.17. The third kappa shape index (κ3) is 4.53. The molecule has 0 radical (unpaired) electrons. The molecule has 0 spiro atoms. The number of nitriles is 1. The smallest absolute Gasteiger partial charge is 0.278 e. The molecule has 0 atom stereocenters. The fourth-order valence-corrected chi connectivity index (χ4v) is 2.27. The van der Waals surface area contributed by atoms with Crippen molar-refractivity contribution in [2.24, 2.45) is 0 Å². The zero-order valence-corrected chi connectivity index (χ0v) is 13.0. The van der Waals surface area contributed by atoms with Gasteiger partial charge in [-0.15, -0.1) is 0 Å². The van der Waals surface area contributed by atoms with Gasteiger partial charge in [0, 0.05) is 34.1 Å². The van der Waals surface area contributed by atoms with Crippen LogP contribution in [0.2, 0.25) is 0 Å². The second-order valence-corrected chi connectivity index (χ2v) is 6.45. The van der Waals surface area contributed by atoms with Crippen molar-refractivity contribution in [3.05, 3.63) is 29.8 Å². The summed E-state index contributed by atoms with van der Waals surface area (Å²) >= 11 is 0. The Hall–Kier alpha value is -1.95. The highest BCUT2D eigenvalue weighted by Crippen LogP contribution is 2.19.